The molecule has 0 radical (unpaired) electrons. The Morgan fingerprint density at radius 3 is 2.03 bits per heavy atom. The summed E-state index contributed by atoms with van der Waals surface area (Å²) in [4.78, 5) is 37.3. The third-order valence-electron chi connectivity index (χ3n) is 7.62. The molecule has 0 aromatic heterocycles. The Labute approximate surface area is 184 Å². The fourth-order valence-corrected chi connectivity index (χ4v) is 6.02. The van der Waals surface area contributed by atoms with Crippen LogP contribution in [0.4, 0.5) is 5.69 Å². The van der Waals surface area contributed by atoms with Gasteiger partial charge in [-0.15, -0.1) is 0 Å². The highest BCUT2D eigenvalue weighted by Crippen LogP contribution is 2.60. The Morgan fingerprint density at radius 2 is 1.52 bits per heavy atom. The number of hydrogen-bond acceptors (Lipinski definition) is 4. The van der Waals surface area contributed by atoms with E-state index in [-0.39, 0.29) is 29.9 Å². The number of hydrogen-bond donors (Lipinski definition) is 2. The zero-order valence-electron chi connectivity index (χ0n) is 18.8. The molecule has 31 heavy (non-hydrogen) atoms. The van der Waals surface area contributed by atoms with E-state index < -0.39 is 5.97 Å². The Hall–Kier alpha value is -2.37. The van der Waals surface area contributed by atoms with Crippen LogP contribution in [0.3, 0.4) is 0 Å². The van der Waals surface area contributed by atoms with Crippen LogP contribution in [0.5, 0.6) is 0 Å². The van der Waals surface area contributed by atoms with Crippen molar-refractivity contribution in [3.63, 3.8) is 0 Å². The lowest BCUT2D eigenvalue weighted by molar-refractivity contribution is -0.140. The van der Waals surface area contributed by atoms with Gasteiger partial charge in [-0.1, -0.05) is 13.8 Å². The summed E-state index contributed by atoms with van der Waals surface area (Å²) in [7, 11) is 0. The first-order chi connectivity index (χ1) is 14.7. The summed E-state index contributed by atoms with van der Waals surface area (Å²) >= 11 is 0. The molecular formula is C25H34N2O4. The minimum atomic E-state index is -0.550. The molecule has 1 aromatic carbocycles. The molecule has 2 amide bonds. The number of ether oxygens (including phenoxy) is 1. The molecule has 168 valence electrons. The first-order valence-electron chi connectivity index (χ1n) is 11.6. The number of carbonyl (C=O) groups excluding carboxylic acids is 3. The fourth-order valence-electron chi connectivity index (χ4n) is 6.02. The van der Waals surface area contributed by atoms with Crippen LogP contribution in [0, 0.1) is 29.1 Å². The molecule has 0 spiro atoms. The third kappa shape index (κ3) is 4.78. The summed E-state index contributed by atoms with van der Waals surface area (Å²) in [5.74, 6) is 1.73. The van der Waals surface area contributed by atoms with Crippen molar-refractivity contribution in [2.75, 3.05) is 11.9 Å². The molecule has 4 aliphatic carbocycles. The number of benzene rings is 1. The number of amides is 2. The van der Waals surface area contributed by atoms with E-state index in [1.165, 1.54) is 19.3 Å². The van der Waals surface area contributed by atoms with E-state index in [0.29, 0.717) is 17.2 Å². The van der Waals surface area contributed by atoms with Crippen LogP contribution in [-0.2, 0) is 14.3 Å². The highest BCUT2D eigenvalue weighted by Gasteiger charge is 2.54. The molecule has 4 aliphatic rings. The normalized spacial score (nSPS) is 29.5. The van der Waals surface area contributed by atoms with Crippen molar-refractivity contribution in [2.45, 2.75) is 65.3 Å². The maximum Gasteiger partial charge on any atom is 0.338 e. The summed E-state index contributed by atoms with van der Waals surface area (Å²) in [6.07, 6.45) is 6.97. The number of rotatable bonds is 7. The number of esters is 1. The molecule has 4 fully saturated rings. The first kappa shape index (κ1) is 21.8. The summed E-state index contributed by atoms with van der Waals surface area (Å²) < 4.78 is 5.12. The molecule has 6 nitrogen and oxygen atoms in total. The predicted molar refractivity (Wildman–Crippen MR) is 118 cm³/mol. The summed E-state index contributed by atoms with van der Waals surface area (Å²) in [5.41, 5.74) is 0.852. The van der Waals surface area contributed by atoms with E-state index >= 15 is 0 Å². The minimum Gasteiger partial charge on any atom is -0.452 e. The van der Waals surface area contributed by atoms with Crippen molar-refractivity contribution in [2.24, 2.45) is 29.1 Å². The Balaban J connectivity index is 1.30. The average molecular weight is 427 g/mol. The molecule has 0 unspecified atom stereocenters. The van der Waals surface area contributed by atoms with Crippen molar-refractivity contribution in [3.8, 4) is 0 Å². The minimum absolute atomic E-state index is 0.0167. The zero-order valence-corrected chi connectivity index (χ0v) is 18.8. The van der Waals surface area contributed by atoms with E-state index in [1.54, 1.807) is 24.3 Å². The van der Waals surface area contributed by atoms with Gasteiger partial charge in [0.05, 0.1) is 11.0 Å². The number of anilines is 1. The largest absolute Gasteiger partial charge is 0.452 e. The van der Waals surface area contributed by atoms with Gasteiger partial charge in [0, 0.05) is 11.7 Å². The van der Waals surface area contributed by atoms with Crippen LogP contribution in [0.2, 0.25) is 0 Å². The van der Waals surface area contributed by atoms with Crippen molar-refractivity contribution in [3.05, 3.63) is 29.8 Å². The van der Waals surface area contributed by atoms with Gasteiger partial charge in [-0.05, 0) is 93.4 Å². The molecule has 4 bridgehead atoms. The maximum atomic E-state index is 13.2. The van der Waals surface area contributed by atoms with Crippen molar-refractivity contribution in [1.29, 1.82) is 0 Å². The van der Waals surface area contributed by atoms with Gasteiger partial charge in [0.2, 0.25) is 5.91 Å². The predicted octanol–water partition coefficient (Wildman–Crippen LogP) is 4.16. The molecule has 1 atom stereocenters. The van der Waals surface area contributed by atoms with Gasteiger partial charge in [0.25, 0.3) is 5.91 Å². The summed E-state index contributed by atoms with van der Waals surface area (Å²) in [6.45, 7) is 5.64. The van der Waals surface area contributed by atoms with E-state index in [4.69, 9.17) is 4.74 Å². The van der Waals surface area contributed by atoms with Crippen LogP contribution in [-0.4, -0.2) is 30.4 Å². The Kier molecular flexibility index (Phi) is 6.09. The van der Waals surface area contributed by atoms with Gasteiger partial charge in [-0.3, -0.25) is 9.59 Å². The van der Waals surface area contributed by atoms with E-state index in [2.05, 4.69) is 10.6 Å². The van der Waals surface area contributed by atoms with Gasteiger partial charge in [0.1, 0.15) is 0 Å². The van der Waals surface area contributed by atoms with Crippen molar-refractivity contribution in [1.82, 2.24) is 5.32 Å². The van der Waals surface area contributed by atoms with E-state index in [0.717, 1.165) is 37.0 Å². The second-order valence-corrected chi connectivity index (χ2v) is 10.4. The van der Waals surface area contributed by atoms with E-state index in [9.17, 15) is 14.4 Å². The molecule has 0 aliphatic heterocycles. The molecule has 1 aromatic rings. The Morgan fingerprint density at radius 1 is 0.968 bits per heavy atom. The van der Waals surface area contributed by atoms with E-state index in [1.807, 2.05) is 20.8 Å². The third-order valence-corrected chi connectivity index (χ3v) is 7.62. The lowest BCUT2D eigenvalue weighted by Crippen LogP contribution is -2.51. The lowest BCUT2D eigenvalue weighted by Gasteiger charge is -2.55. The van der Waals surface area contributed by atoms with Gasteiger partial charge >= 0.3 is 5.97 Å². The lowest BCUT2D eigenvalue weighted by atomic mass is 9.49. The molecule has 4 saturated carbocycles. The average Bonchev–Trinajstić information content (AvgIpc) is 2.71. The zero-order chi connectivity index (χ0) is 22.2. The second kappa shape index (κ2) is 8.64. The molecule has 6 heteroatoms. The van der Waals surface area contributed by atoms with Crippen molar-refractivity contribution < 1.29 is 19.1 Å². The van der Waals surface area contributed by atoms with Crippen LogP contribution in [0.25, 0.3) is 0 Å². The number of carbonyl (C=O) groups is 3. The smallest absolute Gasteiger partial charge is 0.338 e. The van der Waals surface area contributed by atoms with Crippen molar-refractivity contribution >= 4 is 23.5 Å². The van der Waals surface area contributed by atoms with Gasteiger partial charge < -0.3 is 15.4 Å². The summed E-state index contributed by atoms with van der Waals surface area (Å²) in [6, 6.07) is 6.74. The van der Waals surface area contributed by atoms with Gasteiger partial charge in [0.15, 0.2) is 6.61 Å². The maximum absolute atomic E-state index is 13.2. The Bertz CT molecular complexity index is 810. The van der Waals surface area contributed by atoms with Crippen LogP contribution in [0.1, 0.15) is 69.7 Å². The quantitative estimate of drug-likeness (QED) is 0.641. The second-order valence-electron chi connectivity index (χ2n) is 10.4. The first-order valence-corrected chi connectivity index (χ1v) is 11.6. The summed E-state index contributed by atoms with van der Waals surface area (Å²) in [5, 5.41) is 5.90. The molecule has 0 heterocycles. The molecular weight excluding hydrogens is 392 g/mol. The topological polar surface area (TPSA) is 84.5 Å². The van der Waals surface area contributed by atoms with Gasteiger partial charge in [-0.2, -0.15) is 0 Å². The molecule has 5 rings (SSSR count). The monoisotopic (exact) mass is 426 g/mol. The highest BCUT2D eigenvalue weighted by molar-refractivity contribution is 5.96. The van der Waals surface area contributed by atoms with Crippen LogP contribution in [0.15, 0.2) is 24.3 Å². The number of nitrogens with one attached hydrogen (secondary N) is 2. The SMILES string of the molecule is CC(C)[C@@H](C)NC(=O)COC(=O)c1ccc(NC(=O)C23CC4CC(CC(C4)C2)C3)cc1. The molecule has 0 saturated heterocycles. The standard InChI is InChI=1S/C25H34N2O4/c1-15(2)16(3)26-22(28)14-31-23(29)20-4-6-21(7-5-20)27-24(30)25-11-17-8-18(12-25)10-19(9-17)13-25/h4-7,15-19H,8-14H2,1-3H3,(H,26,28)(H,27,30)/t16-,17?,18?,19?,25?/m1/s1. The fraction of sp³-hybridized carbons (Fsp3) is 0.640. The molecule has 2 N–H and O–H groups in total. The highest BCUT2D eigenvalue weighted by atomic mass is 16.5. The van der Waals surface area contributed by atoms with Crippen LogP contribution >= 0.6 is 0 Å². The van der Waals surface area contributed by atoms with Gasteiger partial charge in [-0.25, -0.2) is 4.79 Å². The van der Waals surface area contributed by atoms with Crippen LogP contribution < -0.4 is 10.6 Å².